The van der Waals surface area contributed by atoms with Crippen LogP contribution in [-0.4, -0.2) is 4.57 Å². The van der Waals surface area contributed by atoms with E-state index in [0.717, 1.165) is 35.8 Å². The molecule has 1 aromatic heterocycles. The lowest BCUT2D eigenvalue weighted by atomic mass is 10.1. The van der Waals surface area contributed by atoms with Crippen LogP contribution < -0.4 is 5.43 Å². The van der Waals surface area contributed by atoms with Crippen molar-refractivity contribution in [3.63, 3.8) is 0 Å². The fourth-order valence-electron chi connectivity index (χ4n) is 2.76. The number of pyridine rings is 1. The zero-order valence-electron chi connectivity index (χ0n) is 12.0. The number of nitrogens with zero attached hydrogens (tertiary/aromatic N) is 2. The molecule has 21 heavy (non-hydrogen) atoms. The molecule has 0 amide bonds. The molecule has 3 aromatic rings. The summed E-state index contributed by atoms with van der Waals surface area (Å²) < 4.78 is 2.19. The third kappa shape index (κ3) is 2.19. The van der Waals surface area contributed by atoms with Crippen LogP contribution in [0.3, 0.4) is 0 Å². The molecule has 104 valence electrons. The Morgan fingerprint density at radius 2 is 1.86 bits per heavy atom. The van der Waals surface area contributed by atoms with Crippen molar-refractivity contribution < 1.29 is 0 Å². The van der Waals surface area contributed by atoms with E-state index in [4.69, 9.17) is 5.26 Å². The third-order valence-electron chi connectivity index (χ3n) is 3.84. The quantitative estimate of drug-likeness (QED) is 0.682. The molecule has 0 saturated heterocycles. The van der Waals surface area contributed by atoms with Crippen LogP contribution in [0.25, 0.3) is 21.8 Å². The van der Waals surface area contributed by atoms with Crippen molar-refractivity contribution in [2.75, 3.05) is 0 Å². The fraction of sp³-hybridized carbons (Fsp3) is 0.222. The van der Waals surface area contributed by atoms with E-state index >= 15 is 0 Å². The minimum Gasteiger partial charge on any atom is -0.340 e. The highest BCUT2D eigenvalue weighted by molar-refractivity contribution is 5.94. The zero-order valence-corrected chi connectivity index (χ0v) is 12.0. The van der Waals surface area contributed by atoms with Crippen molar-refractivity contribution in [3.8, 4) is 6.07 Å². The van der Waals surface area contributed by atoms with Gasteiger partial charge in [0.25, 0.3) is 0 Å². The van der Waals surface area contributed by atoms with Crippen molar-refractivity contribution in [2.45, 2.75) is 26.3 Å². The molecule has 3 rings (SSSR count). The fourth-order valence-corrected chi connectivity index (χ4v) is 2.76. The topological polar surface area (TPSA) is 45.8 Å². The van der Waals surface area contributed by atoms with Crippen molar-refractivity contribution >= 4 is 21.8 Å². The maximum absolute atomic E-state index is 12.7. The van der Waals surface area contributed by atoms with Crippen LogP contribution in [0.5, 0.6) is 0 Å². The smallest absolute Gasteiger partial charge is 0.197 e. The SMILES string of the molecule is CCCCn1c2ccccc2c(=O)c2cc(C#N)ccc21. The Bertz CT molecular complexity index is 916. The number of unbranched alkanes of at least 4 members (excludes halogenated alkanes) is 1. The first kappa shape index (κ1) is 13.4. The normalized spacial score (nSPS) is 10.9. The van der Waals surface area contributed by atoms with Crippen LogP contribution in [0.15, 0.2) is 47.3 Å². The van der Waals surface area contributed by atoms with E-state index in [-0.39, 0.29) is 5.43 Å². The van der Waals surface area contributed by atoms with Crippen molar-refractivity contribution in [1.82, 2.24) is 4.57 Å². The second kappa shape index (κ2) is 5.41. The molecule has 0 atom stereocenters. The minimum atomic E-state index is 0.00504. The molecule has 3 heteroatoms. The van der Waals surface area contributed by atoms with Gasteiger partial charge in [-0.25, -0.2) is 0 Å². The molecule has 0 aliphatic rings. The Balaban J connectivity index is 2.46. The van der Waals surface area contributed by atoms with E-state index in [1.165, 1.54) is 0 Å². The number of aromatic nitrogens is 1. The van der Waals surface area contributed by atoms with E-state index in [0.29, 0.717) is 10.9 Å². The average molecular weight is 276 g/mol. The van der Waals surface area contributed by atoms with Crippen LogP contribution in [0.2, 0.25) is 0 Å². The van der Waals surface area contributed by atoms with Crippen molar-refractivity contribution in [2.24, 2.45) is 0 Å². The van der Waals surface area contributed by atoms with Gasteiger partial charge < -0.3 is 4.57 Å². The van der Waals surface area contributed by atoms with Gasteiger partial charge in [-0.2, -0.15) is 5.26 Å². The van der Waals surface area contributed by atoms with Gasteiger partial charge in [0.1, 0.15) is 0 Å². The third-order valence-corrected chi connectivity index (χ3v) is 3.84. The van der Waals surface area contributed by atoms with Gasteiger partial charge in [-0.05, 0) is 36.8 Å². The molecular formula is C18H16N2O. The second-order valence-corrected chi connectivity index (χ2v) is 5.20. The van der Waals surface area contributed by atoms with Gasteiger partial charge in [-0.3, -0.25) is 4.79 Å². The summed E-state index contributed by atoms with van der Waals surface area (Å²) >= 11 is 0. The molecule has 0 aliphatic heterocycles. The van der Waals surface area contributed by atoms with Gasteiger partial charge in [0, 0.05) is 17.3 Å². The number of hydrogen-bond acceptors (Lipinski definition) is 2. The van der Waals surface area contributed by atoms with E-state index < -0.39 is 0 Å². The molecule has 0 aliphatic carbocycles. The highest BCUT2D eigenvalue weighted by Gasteiger charge is 2.10. The maximum atomic E-state index is 12.7. The molecule has 0 N–H and O–H groups in total. The molecule has 0 bridgehead atoms. The summed E-state index contributed by atoms with van der Waals surface area (Å²) in [4.78, 5) is 12.7. The molecular weight excluding hydrogens is 260 g/mol. The number of aryl methyl sites for hydroxylation is 1. The number of benzene rings is 2. The van der Waals surface area contributed by atoms with Crippen molar-refractivity contribution in [1.29, 1.82) is 5.26 Å². The van der Waals surface area contributed by atoms with E-state index in [1.54, 1.807) is 12.1 Å². The first-order valence-corrected chi connectivity index (χ1v) is 7.21. The lowest BCUT2D eigenvalue weighted by Crippen LogP contribution is -2.11. The molecule has 0 spiro atoms. The molecule has 2 aromatic carbocycles. The van der Waals surface area contributed by atoms with Gasteiger partial charge in [-0.1, -0.05) is 25.5 Å². The van der Waals surface area contributed by atoms with Crippen LogP contribution in [0, 0.1) is 11.3 Å². The van der Waals surface area contributed by atoms with Crippen LogP contribution >= 0.6 is 0 Å². The number of hydrogen-bond donors (Lipinski definition) is 0. The lowest BCUT2D eigenvalue weighted by molar-refractivity contribution is 0.662. The molecule has 1 heterocycles. The van der Waals surface area contributed by atoms with Gasteiger partial charge in [0.05, 0.1) is 22.7 Å². The molecule has 3 nitrogen and oxygen atoms in total. The number of fused-ring (bicyclic) bond motifs is 2. The van der Waals surface area contributed by atoms with Gasteiger partial charge in [0.15, 0.2) is 5.43 Å². The Morgan fingerprint density at radius 3 is 2.62 bits per heavy atom. The van der Waals surface area contributed by atoms with E-state index in [9.17, 15) is 4.79 Å². The average Bonchev–Trinajstić information content (AvgIpc) is 2.54. The van der Waals surface area contributed by atoms with E-state index in [2.05, 4.69) is 17.6 Å². The monoisotopic (exact) mass is 276 g/mol. The first-order valence-electron chi connectivity index (χ1n) is 7.21. The molecule has 0 fully saturated rings. The predicted octanol–water partition coefficient (Wildman–Crippen LogP) is 3.83. The first-order chi connectivity index (χ1) is 10.3. The Kier molecular flexibility index (Phi) is 3.45. The standard InChI is InChI=1S/C18H16N2O/c1-2-3-10-20-16-7-5-4-6-14(16)18(21)15-11-13(12-19)8-9-17(15)20/h4-9,11H,2-3,10H2,1H3. The largest absolute Gasteiger partial charge is 0.340 e. The summed E-state index contributed by atoms with van der Waals surface area (Å²) in [6, 6.07) is 15.2. The highest BCUT2D eigenvalue weighted by Crippen LogP contribution is 2.21. The number of nitriles is 1. The Morgan fingerprint density at radius 1 is 1.10 bits per heavy atom. The minimum absolute atomic E-state index is 0.00504. The summed E-state index contributed by atoms with van der Waals surface area (Å²) in [6.07, 6.45) is 2.15. The molecule has 0 saturated carbocycles. The summed E-state index contributed by atoms with van der Waals surface area (Å²) in [5.74, 6) is 0. The Labute approximate surface area is 123 Å². The summed E-state index contributed by atoms with van der Waals surface area (Å²) in [7, 11) is 0. The zero-order chi connectivity index (χ0) is 14.8. The summed E-state index contributed by atoms with van der Waals surface area (Å²) in [6.45, 7) is 3.03. The summed E-state index contributed by atoms with van der Waals surface area (Å²) in [5, 5.41) is 10.4. The maximum Gasteiger partial charge on any atom is 0.197 e. The molecule has 0 unspecified atom stereocenters. The summed E-state index contributed by atoms with van der Waals surface area (Å²) in [5.41, 5.74) is 2.40. The lowest BCUT2D eigenvalue weighted by Gasteiger charge is -2.14. The van der Waals surface area contributed by atoms with E-state index in [1.807, 2.05) is 30.3 Å². The number of rotatable bonds is 3. The van der Waals surface area contributed by atoms with Gasteiger partial charge >= 0.3 is 0 Å². The van der Waals surface area contributed by atoms with Crippen LogP contribution in [0.4, 0.5) is 0 Å². The van der Waals surface area contributed by atoms with Gasteiger partial charge in [0.2, 0.25) is 0 Å². The Hall–Kier alpha value is -2.60. The predicted molar refractivity (Wildman–Crippen MR) is 85.3 cm³/mol. The van der Waals surface area contributed by atoms with Crippen LogP contribution in [0.1, 0.15) is 25.3 Å². The molecule has 0 radical (unpaired) electrons. The van der Waals surface area contributed by atoms with Gasteiger partial charge in [-0.15, -0.1) is 0 Å². The highest BCUT2D eigenvalue weighted by atomic mass is 16.1. The van der Waals surface area contributed by atoms with Crippen LogP contribution in [-0.2, 0) is 6.54 Å². The second-order valence-electron chi connectivity index (χ2n) is 5.20. The number of para-hydroxylation sites is 1. The van der Waals surface area contributed by atoms with Crippen molar-refractivity contribution in [3.05, 3.63) is 58.3 Å².